The number of esters is 1. The molecule has 2 rings (SSSR count). The number of nitrogens with one attached hydrogen (secondary N) is 1. The SMILES string of the molecule is COc1ccc(CNC(=O)COC(=O)CCC(=O)c2ccc(Cl)s2)cc1. The highest BCUT2D eigenvalue weighted by Gasteiger charge is 2.13. The largest absolute Gasteiger partial charge is 0.497 e. The molecule has 0 aliphatic heterocycles. The van der Waals surface area contributed by atoms with E-state index in [0.29, 0.717) is 15.8 Å². The third kappa shape index (κ3) is 6.50. The number of ketones is 1. The molecule has 6 nitrogen and oxygen atoms in total. The molecule has 0 radical (unpaired) electrons. The maximum absolute atomic E-state index is 11.9. The van der Waals surface area contributed by atoms with E-state index in [4.69, 9.17) is 21.1 Å². The number of rotatable bonds is 9. The minimum atomic E-state index is -0.597. The van der Waals surface area contributed by atoms with Crippen LogP contribution in [0.4, 0.5) is 0 Å². The average Bonchev–Trinajstić information content (AvgIpc) is 3.09. The van der Waals surface area contributed by atoms with Gasteiger partial charge in [-0.1, -0.05) is 23.7 Å². The number of Topliss-reactive ketones (excluding diaryl/α,β-unsaturated/α-hetero) is 1. The first-order valence-corrected chi connectivity index (χ1v) is 9.01. The Balaban J connectivity index is 1.64. The molecule has 1 aromatic carbocycles. The van der Waals surface area contributed by atoms with Crippen molar-refractivity contribution in [2.45, 2.75) is 19.4 Å². The topological polar surface area (TPSA) is 81.7 Å². The number of thiophene rings is 1. The molecule has 0 aliphatic rings. The van der Waals surface area contributed by atoms with Crippen molar-refractivity contribution in [1.29, 1.82) is 0 Å². The molecule has 1 amide bonds. The van der Waals surface area contributed by atoms with Crippen molar-refractivity contribution < 1.29 is 23.9 Å². The van der Waals surface area contributed by atoms with Crippen LogP contribution < -0.4 is 10.1 Å². The minimum absolute atomic E-state index is 0.0170. The van der Waals surface area contributed by atoms with Gasteiger partial charge in [-0.3, -0.25) is 14.4 Å². The summed E-state index contributed by atoms with van der Waals surface area (Å²) >= 11 is 6.93. The Labute approximate surface area is 160 Å². The van der Waals surface area contributed by atoms with Crippen molar-refractivity contribution >= 4 is 40.6 Å². The molecule has 1 heterocycles. The number of halogens is 1. The number of methoxy groups -OCH3 is 1. The molecule has 1 aromatic heterocycles. The lowest BCUT2D eigenvalue weighted by molar-refractivity contribution is -0.148. The predicted octanol–water partition coefficient (Wildman–Crippen LogP) is 3.23. The van der Waals surface area contributed by atoms with Gasteiger partial charge in [-0.2, -0.15) is 0 Å². The van der Waals surface area contributed by atoms with E-state index in [0.717, 1.165) is 22.6 Å². The highest BCUT2D eigenvalue weighted by molar-refractivity contribution is 7.18. The average molecular weight is 396 g/mol. The Bertz CT molecular complexity index is 772. The van der Waals surface area contributed by atoms with Gasteiger partial charge in [-0.25, -0.2) is 0 Å². The van der Waals surface area contributed by atoms with Gasteiger partial charge in [0.15, 0.2) is 12.4 Å². The van der Waals surface area contributed by atoms with Crippen LogP contribution >= 0.6 is 22.9 Å². The Hall–Kier alpha value is -2.38. The monoisotopic (exact) mass is 395 g/mol. The van der Waals surface area contributed by atoms with Gasteiger partial charge >= 0.3 is 5.97 Å². The number of benzene rings is 1. The molecular weight excluding hydrogens is 378 g/mol. The van der Waals surface area contributed by atoms with E-state index >= 15 is 0 Å². The first-order chi connectivity index (χ1) is 12.5. The van der Waals surface area contributed by atoms with Crippen LogP contribution in [0.5, 0.6) is 5.75 Å². The molecule has 138 valence electrons. The van der Waals surface area contributed by atoms with Gasteiger partial charge < -0.3 is 14.8 Å². The molecule has 0 aliphatic carbocycles. The van der Waals surface area contributed by atoms with Gasteiger partial charge in [0.25, 0.3) is 5.91 Å². The molecule has 8 heteroatoms. The lowest BCUT2D eigenvalue weighted by atomic mass is 10.2. The molecule has 0 saturated heterocycles. The van der Waals surface area contributed by atoms with E-state index in [-0.39, 0.29) is 25.2 Å². The van der Waals surface area contributed by atoms with E-state index in [1.165, 1.54) is 0 Å². The van der Waals surface area contributed by atoms with Crippen molar-refractivity contribution in [3.8, 4) is 5.75 Å². The van der Waals surface area contributed by atoms with Crippen molar-refractivity contribution in [1.82, 2.24) is 5.32 Å². The molecule has 0 bridgehead atoms. The van der Waals surface area contributed by atoms with Crippen LogP contribution in [0.15, 0.2) is 36.4 Å². The number of hydrogen-bond acceptors (Lipinski definition) is 6. The molecule has 0 spiro atoms. The first-order valence-electron chi connectivity index (χ1n) is 7.81. The zero-order valence-corrected chi connectivity index (χ0v) is 15.7. The van der Waals surface area contributed by atoms with E-state index in [2.05, 4.69) is 5.32 Å². The van der Waals surface area contributed by atoms with Crippen LogP contribution in [0.3, 0.4) is 0 Å². The molecule has 0 unspecified atom stereocenters. The molecule has 0 atom stereocenters. The number of carbonyl (C=O) groups excluding carboxylic acids is 3. The standard InChI is InChI=1S/C18H18ClNO5S/c1-24-13-4-2-12(3-5-13)10-20-17(22)11-25-18(23)9-6-14(21)15-7-8-16(19)26-15/h2-5,7-8H,6,9-11H2,1H3,(H,20,22). The molecule has 0 saturated carbocycles. The summed E-state index contributed by atoms with van der Waals surface area (Å²) in [4.78, 5) is 35.7. The lowest BCUT2D eigenvalue weighted by Gasteiger charge is -2.07. The quantitative estimate of drug-likeness (QED) is 0.520. The number of carbonyl (C=O) groups is 3. The summed E-state index contributed by atoms with van der Waals surface area (Å²) in [5.41, 5.74) is 0.894. The summed E-state index contributed by atoms with van der Waals surface area (Å²) in [7, 11) is 1.58. The van der Waals surface area contributed by atoms with Crippen molar-refractivity contribution in [3.63, 3.8) is 0 Å². The number of hydrogen-bond donors (Lipinski definition) is 1. The second-order valence-electron chi connectivity index (χ2n) is 5.31. The van der Waals surface area contributed by atoms with Crippen LogP contribution in [0, 0.1) is 0 Å². The van der Waals surface area contributed by atoms with Crippen LogP contribution in [0.1, 0.15) is 28.1 Å². The van der Waals surface area contributed by atoms with Crippen molar-refractivity contribution in [2.75, 3.05) is 13.7 Å². The second-order valence-corrected chi connectivity index (χ2v) is 7.03. The summed E-state index contributed by atoms with van der Waals surface area (Å²) in [6.07, 6.45) is -0.0662. The van der Waals surface area contributed by atoms with Crippen LogP contribution in [0.25, 0.3) is 0 Å². The number of ether oxygens (including phenoxy) is 2. The molecule has 26 heavy (non-hydrogen) atoms. The van der Waals surface area contributed by atoms with Gasteiger partial charge in [0.05, 0.1) is 22.7 Å². The predicted molar refractivity (Wildman–Crippen MR) is 98.7 cm³/mol. The maximum atomic E-state index is 11.9. The Morgan fingerprint density at radius 1 is 1.08 bits per heavy atom. The summed E-state index contributed by atoms with van der Waals surface area (Å²) in [5.74, 6) is -0.456. The summed E-state index contributed by atoms with van der Waals surface area (Å²) in [6.45, 7) is -0.0635. The van der Waals surface area contributed by atoms with Crippen LogP contribution in [0.2, 0.25) is 4.34 Å². The fourth-order valence-electron chi connectivity index (χ4n) is 2.02. The first kappa shape index (κ1) is 19.9. The normalized spacial score (nSPS) is 10.2. The second kappa shape index (κ2) is 9.94. The smallest absolute Gasteiger partial charge is 0.306 e. The molecular formula is C18H18ClNO5S. The van der Waals surface area contributed by atoms with Gasteiger partial charge in [0.1, 0.15) is 5.75 Å². The number of amides is 1. The third-order valence-electron chi connectivity index (χ3n) is 3.42. The Morgan fingerprint density at radius 3 is 2.42 bits per heavy atom. The maximum Gasteiger partial charge on any atom is 0.306 e. The van der Waals surface area contributed by atoms with E-state index in [9.17, 15) is 14.4 Å². The van der Waals surface area contributed by atoms with E-state index in [1.54, 1.807) is 31.4 Å². The fraction of sp³-hybridized carbons (Fsp3) is 0.278. The fourth-order valence-corrected chi connectivity index (χ4v) is 3.03. The Kier molecular flexibility index (Phi) is 7.62. The van der Waals surface area contributed by atoms with Crippen LogP contribution in [-0.4, -0.2) is 31.4 Å². The van der Waals surface area contributed by atoms with Crippen molar-refractivity contribution in [3.05, 3.63) is 51.2 Å². The molecule has 1 N–H and O–H groups in total. The highest BCUT2D eigenvalue weighted by Crippen LogP contribution is 2.22. The zero-order chi connectivity index (χ0) is 18.9. The van der Waals surface area contributed by atoms with Gasteiger partial charge in [0.2, 0.25) is 0 Å². The Morgan fingerprint density at radius 2 is 1.81 bits per heavy atom. The molecule has 2 aromatic rings. The van der Waals surface area contributed by atoms with Gasteiger partial charge in [-0.05, 0) is 29.8 Å². The van der Waals surface area contributed by atoms with E-state index < -0.39 is 11.9 Å². The minimum Gasteiger partial charge on any atom is -0.497 e. The third-order valence-corrected chi connectivity index (χ3v) is 4.69. The molecule has 0 fully saturated rings. The summed E-state index contributed by atoms with van der Waals surface area (Å²) in [6, 6.07) is 10.5. The summed E-state index contributed by atoms with van der Waals surface area (Å²) < 4.78 is 10.4. The van der Waals surface area contributed by atoms with Gasteiger partial charge in [0, 0.05) is 13.0 Å². The van der Waals surface area contributed by atoms with E-state index in [1.807, 2.05) is 12.1 Å². The van der Waals surface area contributed by atoms with Crippen molar-refractivity contribution in [2.24, 2.45) is 0 Å². The zero-order valence-electron chi connectivity index (χ0n) is 14.1. The lowest BCUT2D eigenvalue weighted by Crippen LogP contribution is -2.28. The summed E-state index contributed by atoms with van der Waals surface area (Å²) in [5, 5.41) is 2.65. The van der Waals surface area contributed by atoms with Gasteiger partial charge in [-0.15, -0.1) is 11.3 Å². The van der Waals surface area contributed by atoms with Crippen LogP contribution in [-0.2, 0) is 20.9 Å². The highest BCUT2D eigenvalue weighted by atomic mass is 35.5.